The molecule has 0 saturated heterocycles. The highest BCUT2D eigenvalue weighted by atomic mass is 35.5. The van der Waals surface area contributed by atoms with Crippen LogP contribution in [0.4, 0.5) is 17.1 Å². The summed E-state index contributed by atoms with van der Waals surface area (Å²) in [7, 11) is 0. The molecular formula is C28H21ClN4O2. The number of aromatic hydroxyl groups is 1. The summed E-state index contributed by atoms with van der Waals surface area (Å²) in [5, 5.41) is 19.5. The first-order valence-electron chi connectivity index (χ1n) is 11.0. The minimum Gasteiger partial charge on any atom is -0.507 e. The van der Waals surface area contributed by atoms with Gasteiger partial charge in [-0.2, -0.15) is 10.2 Å². The number of aryl methyl sites for hydroxylation is 2. The van der Waals surface area contributed by atoms with E-state index in [0.29, 0.717) is 39.0 Å². The largest absolute Gasteiger partial charge is 0.507 e. The number of hydrogen-bond donors (Lipinski definition) is 1. The molecule has 0 saturated carbocycles. The Bertz CT molecular complexity index is 1600. The minimum atomic E-state index is 0.103. The van der Waals surface area contributed by atoms with Crippen LogP contribution in [0, 0.1) is 13.8 Å². The van der Waals surface area contributed by atoms with Crippen molar-refractivity contribution < 1.29 is 9.52 Å². The molecule has 6 nitrogen and oxygen atoms in total. The summed E-state index contributed by atoms with van der Waals surface area (Å²) in [6, 6.07) is 23.8. The SMILES string of the molecule is Cc1ccc(N=Nc2ccc(O)c(C=Nc3cccc(-c4nc5cc(Cl)ccc5o4)c3)c2)cc1C. The smallest absolute Gasteiger partial charge is 0.227 e. The predicted molar refractivity (Wildman–Crippen MR) is 140 cm³/mol. The number of hydrogen-bond acceptors (Lipinski definition) is 6. The van der Waals surface area contributed by atoms with Crippen molar-refractivity contribution in [2.24, 2.45) is 15.2 Å². The first-order valence-corrected chi connectivity index (χ1v) is 11.3. The molecule has 0 atom stereocenters. The Balaban J connectivity index is 1.38. The quantitative estimate of drug-likeness (QED) is 0.202. The molecule has 4 aromatic carbocycles. The average molecular weight is 481 g/mol. The number of fused-ring (bicyclic) bond motifs is 1. The number of nitrogens with zero attached hydrogens (tertiary/aromatic N) is 4. The Labute approximate surface area is 207 Å². The van der Waals surface area contributed by atoms with Crippen LogP contribution in [0.25, 0.3) is 22.6 Å². The van der Waals surface area contributed by atoms with Gasteiger partial charge >= 0.3 is 0 Å². The third-order valence-electron chi connectivity index (χ3n) is 5.58. The summed E-state index contributed by atoms with van der Waals surface area (Å²) in [5.41, 5.74) is 7.10. The molecule has 35 heavy (non-hydrogen) atoms. The van der Waals surface area contributed by atoms with E-state index >= 15 is 0 Å². The molecule has 0 amide bonds. The van der Waals surface area contributed by atoms with E-state index in [1.54, 1.807) is 42.6 Å². The van der Waals surface area contributed by atoms with Gasteiger partial charge in [0.1, 0.15) is 11.3 Å². The number of phenolic OH excluding ortho intramolecular Hbond substituents is 1. The van der Waals surface area contributed by atoms with Gasteiger partial charge in [0.2, 0.25) is 5.89 Å². The number of aromatic nitrogens is 1. The molecular weight excluding hydrogens is 460 g/mol. The van der Waals surface area contributed by atoms with Crippen molar-refractivity contribution in [3.8, 4) is 17.2 Å². The third kappa shape index (κ3) is 5.13. The van der Waals surface area contributed by atoms with E-state index in [0.717, 1.165) is 16.8 Å². The van der Waals surface area contributed by atoms with Crippen LogP contribution in [0.5, 0.6) is 5.75 Å². The first kappa shape index (κ1) is 22.5. The Morgan fingerprint density at radius 3 is 2.46 bits per heavy atom. The fourth-order valence-corrected chi connectivity index (χ4v) is 3.66. The topological polar surface area (TPSA) is 83.3 Å². The number of aliphatic imine (C=N–C) groups is 1. The molecule has 5 aromatic rings. The lowest BCUT2D eigenvalue weighted by Crippen LogP contribution is -1.83. The van der Waals surface area contributed by atoms with Gasteiger partial charge in [0.25, 0.3) is 0 Å². The fourth-order valence-electron chi connectivity index (χ4n) is 3.50. The molecule has 0 aliphatic heterocycles. The van der Waals surface area contributed by atoms with Crippen molar-refractivity contribution in [2.75, 3.05) is 0 Å². The third-order valence-corrected chi connectivity index (χ3v) is 5.81. The van der Waals surface area contributed by atoms with Crippen molar-refractivity contribution in [2.45, 2.75) is 13.8 Å². The molecule has 1 N–H and O–H groups in total. The maximum atomic E-state index is 10.3. The fraction of sp³-hybridized carbons (Fsp3) is 0.0714. The maximum absolute atomic E-state index is 10.3. The van der Waals surface area contributed by atoms with Crippen molar-refractivity contribution in [3.63, 3.8) is 0 Å². The highest BCUT2D eigenvalue weighted by Gasteiger charge is 2.09. The molecule has 7 heteroatoms. The van der Waals surface area contributed by atoms with Crippen LogP contribution in [0.15, 0.2) is 98.5 Å². The summed E-state index contributed by atoms with van der Waals surface area (Å²) in [6.45, 7) is 4.10. The lowest BCUT2D eigenvalue weighted by molar-refractivity contribution is 0.474. The van der Waals surface area contributed by atoms with Crippen LogP contribution in [0.1, 0.15) is 16.7 Å². The molecule has 0 radical (unpaired) electrons. The van der Waals surface area contributed by atoms with Gasteiger partial charge in [0.15, 0.2) is 5.58 Å². The second-order valence-electron chi connectivity index (χ2n) is 8.15. The molecule has 0 aliphatic rings. The summed E-state index contributed by atoms with van der Waals surface area (Å²) >= 11 is 6.05. The van der Waals surface area contributed by atoms with Gasteiger partial charge in [-0.25, -0.2) is 4.98 Å². The summed E-state index contributed by atoms with van der Waals surface area (Å²) in [4.78, 5) is 9.04. The molecule has 1 heterocycles. The van der Waals surface area contributed by atoms with Crippen LogP contribution in [-0.2, 0) is 0 Å². The molecule has 172 valence electrons. The standard InChI is InChI=1S/C28H21ClN4O2/c1-17-6-8-23(12-18(17)2)32-33-24-9-10-26(34)20(14-24)16-30-22-5-3-4-19(13-22)28-31-25-15-21(29)7-11-27(25)35-28/h3-16,34H,1-2H3. The number of oxazole rings is 1. The van der Waals surface area contributed by atoms with Crippen molar-refractivity contribution in [1.29, 1.82) is 0 Å². The van der Waals surface area contributed by atoms with Gasteiger partial charge in [0, 0.05) is 22.4 Å². The van der Waals surface area contributed by atoms with Crippen LogP contribution in [-0.4, -0.2) is 16.3 Å². The van der Waals surface area contributed by atoms with Crippen LogP contribution in [0.3, 0.4) is 0 Å². The van der Waals surface area contributed by atoms with Gasteiger partial charge in [-0.05, 0) is 91.7 Å². The Morgan fingerprint density at radius 1 is 0.829 bits per heavy atom. The zero-order valence-electron chi connectivity index (χ0n) is 19.1. The van der Waals surface area contributed by atoms with Crippen LogP contribution >= 0.6 is 11.6 Å². The van der Waals surface area contributed by atoms with E-state index in [2.05, 4.69) is 27.1 Å². The van der Waals surface area contributed by atoms with Crippen LogP contribution in [0.2, 0.25) is 5.02 Å². The van der Waals surface area contributed by atoms with Crippen molar-refractivity contribution in [1.82, 2.24) is 4.98 Å². The molecule has 0 spiro atoms. The lowest BCUT2D eigenvalue weighted by Gasteiger charge is -2.02. The molecule has 1 aromatic heterocycles. The molecule has 0 unspecified atom stereocenters. The van der Waals surface area contributed by atoms with Gasteiger partial charge in [-0.3, -0.25) is 4.99 Å². The Hall–Kier alpha value is -4.29. The highest BCUT2D eigenvalue weighted by Crippen LogP contribution is 2.29. The number of azo groups is 1. The monoisotopic (exact) mass is 480 g/mol. The molecule has 0 fully saturated rings. The number of halogens is 1. The maximum Gasteiger partial charge on any atom is 0.227 e. The Kier molecular flexibility index (Phi) is 6.12. The second kappa shape index (κ2) is 9.52. The summed E-state index contributed by atoms with van der Waals surface area (Å²) in [5.74, 6) is 0.585. The molecule has 0 aliphatic carbocycles. The summed E-state index contributed by atoms with van der Waals surface area (Å²) < 4.78 is 5.85. The molecule has 0 bridgehead atoms. The normalized spacial score (nSPS) is 11.7. The lowest BCUT2D eigenvalue weighted by atomic mass is 10.1. The van der Waals surface area contributed by atoms with Gasteiger partial charge in [-0.1, -0.05) is 23.7 Å². The zero-order valence-corrected chi connectivity index (χ0v) is 19.9. The van der Waals surface area contributed by atoms with E-state index in [-0.39, 0.29) is 5.75 Å². The number of rotatable bonds is 5. The van der Waals surface area contributed by atoms with E-state index in [1.807, 2.05) is 49.4 Å². The number of benzene rings is 4. The molecule has 5 rings (SSSR count). The minimum absolute atomic E-state index is 0.103. The predicted octanol–water partition coefficient (Wildman–Crippen LogP) is 8.64. The van der Waals surface area contributed by atoms with Gasteiger partial charge in [0.05, 0.1) is 17.1 Å². The van der Waals surface area contributed by atoms with Crippen molar-refractivity contribution >= 4 is 46.0 Å². The van der Waals surface area contributed by atoms with Gasteiger partial charge in [-0.15, -0.1) is 0 Å². The van der Waals surface area contributed by atoms with E-state index < -0.39 is 0 Å². The summed E-state index contributed by atoms with van der Waals surface area (Å²) in [6.07, 6.45) is 1.59. The van der Waals surface area contributed by atoms with E-state index in [1.165, 1.54) is 5.56 Å². The first-order chi connectivity index (χ1) is 16.9. The zero-order chi connectivity index (χ0) is 24.4. The Morgan fingerprint density at radius 2 is 1.63 bits per heavy atom. The number of phenols is 1. The van der Waals surface area contributed by atoms with E-state index in [4.69, 9.17) is 16.0 Å². The second-order valence-corrected chi connectivity index (χ2v) is 8.59. The van der Waals surface area contributed by atoms with Gasteiger partial charge < -0.3 is 9.52 Å². The highest BCUT2D eigenvalue weighted by molar-refractivity contribution is 6.31. The van der Waals surface area contributed by atoms with Crippen molar-refractivity contribution in [3.05, 3.63) is 101 Å². The van der Waals surface area contributed by atoms with Crippen LogP contribution < -0.4 is 0 Å². The average Bonchev–Trinajstić information content (AvgIpc) is 3.28. The van der Waals surface area contributed by atoms with E-state index in [9.17, 15) is 5.11 Å².